The van der Waals surface area contributed by atoms with Crippen LogP contribution in [-0.4, -0.2) is 9.85 Å². The molecular weight excluding hydrogens is 408 g/mol. The van der Waals surface area contributed by atoms with Crippen LogP contribution in [0.1, 0.15) is 66.0 Å². The number of hydrogen-bond acceptors (Lipinski definition) is 3. The minimum atomic E-state index is -0.0354. The van der Waals surface area contributed by atoms with Crippen molar-refractivity contribution in [3.63, 3.8) is 0 Å². The van der Waals surface area contributed by atoms with Crippen LogP contribution in [0.15, 0.2) is 73.1 Å². The first-order valence-electron chi connectivity index (χ1n) is 12.0. The number of rotatable bonds is 3. The first kappa shape index (κ1) is 24.1. The molecule has 0 spiro atoms. The van der Waals surface area contributed by atoms with Crippen LogP contribution in [0.25, 0.3) is 21.7 Å². The van der Waals surface area contributed by atoms with Gasteiger partial charge in [-0.15, -0.1) is 0 Å². The van der Waals surface area contributed by atoms with Crippen molar-refractivity contribution >= 4 is 28.1 Å². The van der Waals surface area contributed by atoms with Crippen LogP contribution >= 0.6 is 11.8 Å². The molecule has 3 heterocycles. The zero-order chi connectivity index (χ0) is 23.3. The Morgan fingerprint density at radius 1 is 0.844 bits per heavy atom. The largest absolute Gasteiger partial charge is 0.324 e. The molecule has 3 aromatic rings. The second kappa shape index (κ2) is 10.4. The predicted octanol–water partition coefficient (Wildman–Crippen LogP) is 8.96. The summed E-state index contributed by atoms with van der Waals surface area (Å²) in [6, 6.07) is 22.0. The molecule has 0 bridgehead atoms. The molecule has 0 fully saturated rings. The molecule has 0 amide bonds. The van der Waals surface area contributed by atoms with Gasteiger partial charge in [0.15, 0.2) is 0 Å². The van der Waals surface area contributed by atoms with Gasteiger partial charge in [-0.3, -0.25) is 4.98 Å². The predicted molar refractivity (Wildman–Crippen MR) is 144 cm³/mol. The van der Waals surface area contributed by atoms with Gasteiger partial charge in [0.1, 0.15) is 0 Å². The highest BCUT2D eigenvalue weighted by Crippen LogP contribution is 2.62. The Kier molecular flexibility index (Phi) is 7.84. The van der Waals surface area contributed by atoms with Crippen LogP contribution in [0.3, 0.4) is 0 Å². The molecule has 168 valence electrons. The maximum absolute atomic E-state index is 4.24. The Morgan fingerprint density at radius 3 is 2.03 bits per heavy atom. The minimum Gasteiger partial charge on any atom is -0.324 e. The lowest BCUT2D eigenvalue weighted by Gasteiger charge is -2.45. The number of aromatic nitrogens is 1. The molecule has 2 atom stereocenters. The number of benzene rings is 2. The van der Waals surface area contributed by atoms with Crippen LogP contribution in [0.5, 0.6) is 0 Å². The average molecular weight is 445 g/mol. The second-order valence-corrected chi connectivity index (χ2v) is 9.22. The lowest BCUT2D eigenvalue weighted by atomic mass is 9.87. The number of hydrogen-bond donors (Lipinski definition) is 0. The maximum atomic E-state index is 4.24. The second-order valence-electron chi connectivity index (χ2n) is 7.78. The fourth-order valence-electron chi connectivity index (χ4n) is 4.45. The van der Waals surface area contributed by atoms with Crippen molar-refractivity contribution < 1.29 is 0 Å². The molecule has 1 aromatic heterocycles. The Labute approximate surface area is 198 Å². The molecule has 2 unspecified atom stereocenters. The smallest absolute Gasteiger partial charge is 0.0953 e. The minimum absolute atomic E-state index is 0.0354. The van der Waals surface area contributed by atoms with E-state index in [1.807, 2.05) is 51.9 Å². The van der Waals surface area contributed by atoms with E-state index in [2.05, 4.69) is 91.3 Å². The van der Waals surface area contributed by atoms with Gasteiger partial charge in [0, 0.05) is 28.4 Å². The number of nitrogens with zero attached hydrogens (tertiary/aromatic N) is 2. The quantitative estimate of drug-likeness (QED) is 0.401. The zero-order valence-electron chi connectivity index (χ0n) is 20.5. The Hall–Kier alpha value is -2.52. The van der Waals surface area contributed by atoms with Crippen molar-refractivity contribution in [2.75, 3.05) is 4.90 Å². The highest BCUT2D eigenvalue weighted by molar-refractivity contribution is 8.10. The van der Waals surface area contributed by atoms with Crippen molar-refractivity contribution in [2.45, 2.75) is 59.8 Å². The number of fused-ring (bicyclic) bond motifs is 6. The SMILES string of the molecule is CC.CC.CCC(C)C1(C)SC(c2ccncc2)=C2c3ccccc3-c3ccccc3N21. The third-order valence-electron chi connectivity index (χ3n) is 6.28. The van der Waals surface area contributed by atoms with Gasteiger partial charge in [-0.05, 0) is 42.2 Å². The lowest BCUT2D eigenvalue weighted by molar-refractivity contribution is 0.430. The monoisotopic (exact) mass is 444 g/mol. The molecule has 0 saturated carbocycles. The van der Waals surface area contributed by atoms with Gasteiger partial charge < -0.3 is 4.90 Å². The summed E-state index contributed by atoms with van der Waals surface area (Å²) in [7, 11) is 0. The standard InChI is InChI=1S/C25H24N2S.2C2H6/c1-4-17(2)25(3)27-22-12-8-7-10-20(22)19-9-5-6-11-21(19)23(27)24(28-25)18-13-15-26-16-14-18;2*1-2/h5-17H,4H2,1-3H3;2*1-2H3. The summed E-state index contributed by atoms with van der Waals surface area (Å²) in [5, 5.41) is 0. The van der Waals surface area contributed by atoms with Gasteiger partial charge >= 0.3 is 0 Å². The highest BCUT2D eigenvalue weighted by atomic mass is 32.2. The molecule has 0 radical (unpaired) electrons. The maximum Gasteiger partial charge on any atom is 0.0953 e. The Bertz CT molecular complexity index is 1070. The molecular formula is C29H36N2S. The summed E-state index contributed by atoms with van der Waals surface area (Å²) in [5.41, 5.74) is 7.88. The van der Waals surface area contributed by atoms with E-state index < -0.39 is 0 Å². The summed E-state index contributed by atoms with van der Waals surface area (Å²) in [5.74, 6) is 0.533. The first-order valence-corrected chi connectivity index (χ1v) is 12.8. The van der Waals surface area contributed by atoms with Gasteiger partial charge in [0.05, 0.1) is 16.3 Å². The van der Waals surface area contributed by atoms with Crippen LogP contribution in [0, 0.1) is 5.92 Å². The van der Waals surface area contributed by atoms with E-state index in [9.17, 15) is 0 Å². The van der Waals surface area contributed by atoms with Crippen molar-refractivity contribution in [1.29, 1.82) is 0 Å². The molecule has 2 aliphatic rings. The number of thioether (sulfide) groups is 1. The van der Waals surface area contributed by atoms with E-state index >= 15 is 0 Å². The van der Waals surface area contributed by atoms with Gasteiger partial charge in [-0.1, -0.05) is 102 Å². The van der Waals surface area contributed by atoms with Crippen molar-refractivity contribution in [1.82, 2.24) is 4.98 Å². The fourth-order valence-corrected chi connectivity index (χ4v) is 6.06. The van der Waals surface area contributed by atoms with Crippen LogP contribution in [0.2, 0.25) is 0 Å². The molecule has 2 nitrogen and oxygen atoms in total. The third-order valence-corrected chi connectivity index (χ3v) is 7.91. The molecule has 0 aliphatic carbocycles. The first-order chi connectivity index (χ1) is 15.6. The van der Waals surface area contributed by atoms with E-state index in [0.717, 1.165) is 6.42 Å². The van der Waals surface area contributed by atoms with Crippen LogP contribution in [-0.2, 0) is 0 Å². The molecule has 32 heavy (non-hydrogen) atoms. The van der Waals surface area contributed by atoms with Crippen molar-refractivity contribution in [3.8, 4) is 11.1 Å². The Morgan fingerprint density at radius 2 is 1.41 bits per heavy atom. The van der Waals surface area contributed by atoms with Gasteiger partial charge in [0.25, 0.3) is 0 Å². The normalized spacial score (nSPS) is 18.9. The van der Waals surface area contributed by atoms with Crippen LogP contribution < -0.4 is 4.90 Å². The molecule has 2 aliphatic heterocycles. The molecule has 2 aromatic carbocycles. The van der Waals surface area contributed by atoms with E-state index in [0.29, 0.717) is 5.92 Å². The topological polar surface area (TPSA) is 16.1 Å². The van der Waals surface area contributed by atoms with Gasteiger partial charge in [-0.2, -0.15) is 0 Å². The average Bonchev–Trinajstić information content (AvgIpc) is 3.21. The van der Waals surface area contributed by atoms with E-state index in [-0.39, 0.29) is 4.87 Å². The van der Waals surface area contributed by atoms with E-state index in [1.165, 1.54) is 38.5 Å². The fraction of sp³-hybridized carbons (Fsp3) is 0.345. The lowest BCUT2D eigenvalue weighted by Crippen LogP contribution is -2.45. The van der Waals surface area contributed by atoms with Crippen LogP contribution in [0.4, 0.5) is 5.69 Å². The van der Waals surface area contributed by atoms with Gasteiger partial charge in [0.2, 0.25) is 0 Å². The zero-order valence-corrected chi connectivity index (χ0v) is 21.3. The highest BCUT2D eigenvalue weighted by Gasteiger charge is 2.49. The summed E-state index contributed by atoms with van der Waals surface area (Å²) in [4.78, 5) is 8.17. The number of pyridine rings is 1. The summed E-state index contributed by atoms with van der Waals surface area (Å²) in [6.07, 6.45) is 4.94. The van der Waals surface area contributed by atoms with Gasteiger partial charge in [-0.25, -0.2) is 0 Å². The molecule has 5 rings (SSSR count). The van der Waals surface area contributed by atoms with Crippen molar-refractivity contribution in [3.05, 3.63) is 84.2 Å². The Balaban J connectivity index is 0.000000686. The van der Waals surface area contributed by atoms with E-state index in [1.54, 1.807) is 0 Å². The van der Waals surface area contributed by atoms with E-state index in [4.69, 9.17) is 0 Å². The van der Waals surface area contributed by atoms with Crippen molar-refractivity contribution in [2.24, 2.45) is 5.92 Å². The molecule has 0 N–H and O–H groups in total. The number of para-hydroxylation sites is 1. The molecule has 3 heteroatoms. The summed E-state index contributed by atoms with van der Waals surface area (Å²) < 4.78 is 0. The number of anilines is 1. The molecule has 0 saturated heterocycles. The summed E-state index contributed by atoms with van der Waals surface area (Å²) in [6.45, 7) is 15.1. The summed E-state index contributed by atoms with van der Waals surface area (Å²) >= 11 is 2.01. The third kappa shape index (κ3) is 3.88.